The average molecular weight is 483 g/mol. The number of carbonyl (C=O) groups is 1. The number of benzene rings is 2. The van der Waals surface area contributed by atoms with Gasteiger partial charge in [0.1, 0.15) is 0 Å². The van der Waals surface area contributed by atoms with E-state index in [2.05, 4.69) is 15.2 Å². The van der Waals surface area contributed by atoms with Gasteiger partial charge in [-0.15, -0.1) is 10.2 Å². The van der Waals surface area contributed by atoms with Crippen LogP contribution in [-0.4, -0.2) is 32.0 Å². The third-order valence-electron chi connectivity index (χ3n) is 5.41. The first-order valence-corrected chi connectivity index (χ1v) is 11.4. The van der Waals surface area contributed by atoms with Gasteiger partial charge in [-0.3, -0.25) is 4.79 Å². The number of halogens is 2. The van der Waals surface area contributed by atoms with E-state index >= 15 is 0 Å². The highest BCUT2D eigenvalue weighted by atomic mass is 35.5. The predicted octanol–water partition coefficient (Wildman–Crippen LogP) is 5.82. The van der Waals surface area contributed by atoms with Gasteiger partial charge in [-0.2, -0.15) is 0 Å². The lowest BCUT2D eigenvalue weighted by Gasteiger charge is -2.20. The summed E-state index contributed by atoms with van der Waals surface area (Å²) < 4.78 is 11.6. The van der Waals surface area contributed by atoms with Crippen molar-refractivity contribution in [2.45, 2.75) is 38.3 Å². The van der Waals surface area contributed by atoms with Gasteiger partial charge in [0.2, 0.25) is 17.7 Å². The molecule has 168 valence electrons. The third kappa shape index (κ3) is 5.26. The maximum absolute atomic E-state index is 13.0. The molecule has 0 atom stereocenters. The molecule has 0 saturated heterocycles. The van der Waals surface area contributed by atoms with Gasteiger partial charge >= 0.3 is 0 Å². The summed E-state index contributed by atoms with van der Waals surface area (Å²) in [5.41, 5.74) is 1.67. The van der Waals surface area contributed by atoms with Crippen LogP contribution < -0.4 is 0 Å². The minimum absolute atomic E-state index is 0.00925. The highest BCUT2D eigenvalue weighted by molar-refractivity contribution is 6.30. The summed E-state index contributed by atoms with van der Waals surface area (Å²) in [6.45, 7) is 0.283. The molecule has 5 rings (SSSR count). The highest BCUT2D eigenvalue weighted by Gasteiger charge is 2.33. The molecule has 0 unspecified atom stereocenters. The molecule has 1 saturated carbocycles. The molecule has 0 spiro atoms. The van der Waals surface area contributed by atoms with E-state index in [1.54, 1.807) is 30.5 Å². The van der Waals surface area contributed by atoms with Crippen molar-refractivity contribution in [3.05, 3.63) is 76.6 Å². The van der Waals surface area contributed by atoms with E-state index in [1.165, 1.54) is 0 Å². The lowest BCUT2D eigenvalue weighted by molar-refractivity contribution is -0.132. The first-order valence-electron chi connectivity index (χ1n) is 10.6. The molecule has 0 N–H and O–H groups in total. The minimum Gasteiger partial charge on any atom is -0.441 e. The summed E-state index contributed by atoms with van der Waals surface area (Å²) >= 11 is 11.9. The van der Waals surface area contributed by atoms with Crippen LogP contribution in [0, 0.1) is 0 Å². The van der Waals surface area contributed by atoms with Crippen LogP contribution in [0.25, 0.3) is 22.8 Å². The van der Waals surface area contributed by atoms with Gasteiger partial charge in [0.05, 0.1) is 12.7 Å². The largest absolute Gasteiger partial charge is 0.441 e. The second-order valence-electron chi connectivity index (χ2n) is 7.89. The predicted molar refractivity (Wildman–Crippen MR) is 124 cm³/mol. The Balaban J connectivity index is 1.21. The van der Waals surface area contributed by atoms with Crippen LogP contribution in [-0.2, 0) is 17.8 Å². The number of hydrogen-bond acceptors (Lipinski definition) is 6. The van der Waals surface area contributed by atoms with Crippen LogP contribution in [0.3, 0.4) is 0 Å². The molecular formula is C24H20Cl2N4O3. The zero-order valence-electron chi connectivity index (χ0n) is 17.6. The van der Waals surface area contributed by atoms with Crippen LogP contribution in [0.15, 0.2) is 63.6 Å². The van der Waals surface area contributed by atoms with E-state index in [-0.39, 0.29) is 24.9 Å². The molecule has 1 aliphatic rings. The summed E-state index contributed by atoms with van der Waals surface area (Å²) in [7, 11) is 0. The zero-order valence-corrected chi connectivity index (χ0v) is 19.1. The van der Waals surface area contributed by atoms with Crippen molar-refractivity contribution in [3.8, 4) is 22.8 Å². The van der Waals surface area contributed by atoms with Gasteiger partial charge in [-0.05, 0) is 61.4 Å². The van der Waals surface area contributed by atoms with Crippen molar-refractivity contribution in [1.82, 2.24) is 20.1 Å². The summed E-state index contributed by atoms with van der Waals surface area (Å²) in [4.78, 5) is 19.1. The molecule has 2 aromatic heterocycles. The standard InChI is InChI=1S/C24H20Cl2N4O3/c25-17-5-1-15(2-6-17)20-13-27-21(32-20)11-12-23(31)30(19-9-10-19)14-22-28-29-24(33-22)16-3-7-18(26)8-4-16/h1-8,13,19H,9-12,14H2. The molecule has 1 amide bonds. The summed E-state index contributed by atoms with van der Waals surface area (Å²) in [5, 5.41) is 9.53. The van der Waals surface area contributed by atoms with E-state index < -0.39 is 0 Å². The lowest BCUT2D eigenvalue weighted by atomic mass is 10.2. The first kappa shape index (κ1) is 21.7. The van der Waals surface area contributed by atoms with Crippen molar-refractivity contribution in [3.63, 3.8) is 0 Å². The van der Waals surface area contributed by atoms with E-state index in [4.69, 9.17) is 32.0 Å². The number of nitrogens with zero attached hydrogens (tertiary/aromatic N) is 4. The Bertz CT molecular complexity index is 1250. The Morgan fingerprint density at radius 2 is 1.58 bits per heavy atom. The number of oxazole rings is 1. The van der Waals surface area contributed by atoms with Gasteiger partial charge < -0.3 is 13.7 Å². The molecule has 0 aliphatic heterocycles. The third-order valence-corrected chi connectivity index (χ3v) is 5.91. The second kappa shape index (κ2) is 9.37. The molecule has 9 heteroatoms. The highest BCUT2D eigenvalue weighted by Crippen LogP contribution is 2.30. The zero-order chi connectivity index (χ0) is 22.8. The first-order chi connectivity index (χ1) is 16.0. The quantitative estimate of drug-likeness (QED) is 0.314. The monoisotopic (exact) mass is 482 g/mol. The number of hydrogen-bond donors (Lipinski definition) is 0. The number of amides is 1. The molecule has 1 aliphatic carbocycles. The Labute approximate surface area is 200 Å². The van der Waals surface area contributed by atoms with Crippen molar-refractivity contribution >= 4 is 29.1 Å². The molecule has 2 aromatic carbocycles. The molecule has 2 heterocycles. The molecule has 7 nitrogen and oxygen atoms in total. The Kier molecular flexibility index (Phi) is 6.15. The van der Waals surface area contributed by atoms with Gasteiger partial charge in [0.25, 0.3) is 0 Å². The molecular weight excluding hydrogens is 463 g/mol. The SMILES string of the molecule is O=C(CCc1ncc(-c2ccc(Cl)cc2)o1)N(Cc1nnc(-c2ccc(Cl)cc2)o1)C1CC1. The van der Waals surface area contributed by atoms with Crippen LogP contribution in [0.4, 0.5) is 0 Å². The maximum Gasteiger partial charge on any atom is 0.247 e. The van der Waals surface area contributed by atoms with Crippen LogP contribution in [0.5, 0.6) is 0 Å². The van der Waals surface area contributed by atoms with Crippen LogP contribution in [0.1, 0.15) is 31.0 Å². The van der Waals surface area contributed by atoms with Gasteiger partial charge in [-0.25, -0.2) is 4.98 Å². The van der Waals surface area contributed by atoms with E-state index in [0.29, 0.717) is 39.9 Å². The summed E-state index contributed by atoms with van der Waals surface area (Å²) in [6, 6.07) is 14.7. The Hall–Kier alpha value is -3.16. The average Bonchev–Trinajstić information content (AvgIpc) is 3.36. The van der Waals surface area contributed by atoms with E-state index in [1.807, 2.05) is 29.2 Å². The minimum atomic E-state index is 0.00925. The maximum atomic E-state index is 13.0. The van der Waals surface area contributed by atoms with Crippen LogP contribution in [0.2, 0.25) is 10.0 Å². The second-order valence-corrected chi connectivity index (χ2v) is 8.76. The van der Waals surface area contributed by atoms with Gasteiger partial charge in [-0.1, -0.05) is 23.2 Å². The smallest absolute Gasteiger partial charge is 0.247 e. The lowest BCUT2D eigenvalue weighted by Crippen LogP contribution is -2.32. The fourth-order valence-electron chi connectivity index (χ4n) is 3.51. The summed E-state index contributed by atoms with van der Waals surface area (Å²) in [6.07, 6.45) is 4.32. The number of carbonyl (C=O) groups excluding carboxylic acids is 1. The van der Waals surface area contributed by atoms with Crippen molar-refractivity contribution in [1.29, 1.82) is 0 Å². The number of aromatic nitrogens is 3. The number of rotatable bonds is 8. The van der Waals surface area contributed by atoms with Crippen LogP contribution >= 0.6 is 23.2 Å². The molecule has 0 bridgehead atoms. The van der Waals surface area contributed by atoms with Gasteiger partial charge in [0.15, 0.2) is 11.7 Å². The van der Waals surface area contributed by atoms with E-state index in [9.17, 15) is 4.79 Å². The normalized spacial score (nSPS) is 13.3. The molecule has 4 aromatic rings. The fraction of sp³-hybridized carbons (Fsp3) is 0.250. The topological polar surface area (TPSA) is 85.3 Å². The van der Waals surface area contributed by atoms with Crippen molar-refractivity contribution < 1.29 is 13.6 Å². The van der Waals surface area contributed by atoms with Gasteiger partial charge in [0, 0.05) is 40.1 Å². The number of aryl methyl sites for hydroxylation is 1. The molecule has 0 radical (unpaired) electrons. The van der Waals surface area contributed by atoms with Crippen molar-refractivity contribution in [2.24, 2.45) is 0 Å². The van der Waals surface area contributed by atoms with Crippen molar-refractivity contribution in [2.75, 3.05) is 0 Å². The Morgan fingerprint density at radius 1 is 0.909 bits per heavy atom. The Morgan fingerprint density at radius 3 is 2.24 bits per heavy atom. The molecule has 1 fully saturated rings. The van der Waals surface area contributed by atoms with E-state index in [0.717, 1.165) is 24.0 Å². The fourth-order valence-corrected chi connectivity index (χ4v) is 3.76. The summed E-state index contributed by atoms with van der Waals surface area (Å²) in [5.74, 6) is 1.98. The molecule has 33 heavy (non-hydrogen) atoms.